The smallest absolute Gasteiger partial charge is 0.265 e. The van der Waals surface area contributed by atoms with Crippen LogP contribution in [0.5, 0.6) is 11.5 Å². The molecular formula is C14H13ClFNO4S. The first-order valence-corrected chi connectivity index (χ1v) is 7.93. The van der Waals surface area contributed by atoms with Gasteiger partial charge in [-0.25, -0.2) is 12.8 Å². The Hall–Kier alpha value is -1.99. The third kappa shape index (κ3) is 3.42. The SMILES string of the molecule is COc1ccc(F)cc1NS(=O)(=O)c1cc(Cl)ccc1OC. The molecule has 0 fully saturated rings. The second kappa shape index (κ2) is 6.41. The van der Waals surface area contributed by atoms with E-state index in [1.807, 2.05) is 0 Å². The molecule has 2 aromatic carbocycles. The first kappa shape index (κ1) is 16.4. The minimum Gasteiger partial charge on any atom is -0.495 e. The van der Waals surface area contributed by atoms with Crippen LogP contribution in [-0.4, -0.2) is 22.6 Å². The van der Waals surface area contributed by atoms with E-state index in [2.05, 4.69) is 4.72 Å². The van der Waals surface area contributed by atoms with Gasteiger partial charge < -0.3 is 9.47 Å². The number of rotatable bonds is 5. The summed E-state index contributed by atoms with van der Waals surface area (Å²) in [5, 5.41) is 0.229. The van der Waals surface area contributed by atoms with Gasteiger partial charge in [0.15, 0.2) is 0 Å². The monoisotopic (exact) mass is 345 g/mol. The molecule has 2 aromatic rings. The molecule has 118 valence electrons. The molecule has 0 radical (unpaired) electrons. The Morgan fingerprint density at radius 2 is 1.68 bits per heavy atom. The molecule has 0 aromatic heterocycles. The summed E-state index contributed by atoms with van der Waals surface area (Å²) >= 11 is 5.83. The fourth-order valence-electron chi connectivity index (χ4n) is 1.82. The van der Waals surface area contributed by atoms with Crippen LogP contribution in [0.15, 0.2) is 41.3 Å². The fourth-order valence-corrected chi connectivity index (χ4v) is 3.31. The zero-order valence-corrected chi connectivity index (χ0v) is 13.3. The van der Waals surface area contributed by atoms with Crippen molar-refractivity contribution in [2.45, 2.75) is 4.90 Å². The number of nitrogens with one attached hydrogen (secondary N) is 1. The molecule has 0 aliphatic carbocycles. The Kier molecular flexibility index (Phi) is 4.77. The van der Waals surface area contributed by atoms with Crippen molar-refractivity contribution in [2.24, 2.45) is 0 Å². The Labute approximate surface area is 132 Å². The first-order chi connectivity index (χ1) is 10.4. The van der Waals surface area contributed by atoms with E-state index in [9.17, 15) is 12.8 Å². The molecule has 0 unspecified atom stereocenters. The van der Waals surface area contributed by atoms with E-state index in [1.54, 1.807) is 0 Å². The number of hydrogen-bond acceptors (Lipinski definition) is 4. The average Bonchev–Trinajstić information content (AvgIpc) is 2.47. The van der Waals surface area contributed by atoms with Crippen LogP contribution in [0.25, 0.3) is 0 Å². The Bertz CT molecular complexity index is 795. The molecule has 5 nitrogen and oxygen atoms in total. The lowest BCUT2D eigenvalue weighted by Gasteiger charge is -2.14. The van der Waals surface area contributed by atoms with Gasteiger partial charge in [-0.05, 0) is 30.3 Å². The van der Waals surface area contributed by atoms with Crippen molar-refractivity contribution in [3.8, 4) is 11.5 Å². The summed E-state index contributed by atoms with van der Waals surface area (Å²) in [5.41, 5.74) is -0.0236. The lowest BCUT2D eigenvalue weighted by atomic mass is 10.3. The van der Waals surface area contributed by atoms with Crippen molar-refractivity contribution in [2.75, 3.05) is 18.9 Å². The number of anilines is 1. The number of sulfonamides is 1. The molecule has 22 heavy (non-hydrogen) atoms. The molecular weight excluding hydrogens is 333 g/mol. The maximum absolute atomic E-state index is 13.3. The molecule has 0 aliphatic rings. The van der Waals surface area contributed by atoms with Gasteiger partial charge in [-0.3, -0.25) is 4.72 Å². The summed E-state index contributed by atoms with van der Waals surface area (Å²) in [4.78, 5) is -0.159. The summed E-state index contributed by atoms with van der Waals surface area (Å²) in [6.07, 6.45) is 0. The zero-order chi connectivity index (χ0) is 16.3. The maximum atomic E-state index is 13.3. The minimum atomic E-state index is -4.03. The summed E-state index contributed by atoms with van der Waals surface area (Å²) in [7, 11) is -1.34. The van der Waals surface area contributed by atoms with Crippen LogP contribution in [0, 0.1) is 5.82 Å². The second-order valence-corrected chi connectivity index (χ2v) is 6.33. The molecule has 0 saturated heterocycles. The van der Waals surface area contributed by atoms with Gasteiger partial charge in [0.05, 0.1) is 19.9 Å². The van der Waals surface area contributed by atoms with Crippen molar-refractivity contribution in [1.29, 1.82) is 0 Å². The largest absolute Gasteiger partial charge is 0.495 e. The van der Waals surface area contributed by atoms with Crippen molar-refractivity contribution < 1.29 is 22.3 Å². The van der Waals surface area contributed by atoms with Gasteiger partial charge in [-0.15, -0.1) is 0 Å². The Morgan fingerprint density at radius 1 is 1.05 bits per heavy atom. The van der Waals surface area contributed by atoms with Crippen LogP contribution in [0.1, 0.15) is 0 Å². The molecule has 1 N–H and O–H groups in total. The lowest BCUT2D eigenvalue weighted by molar-refractivity contribution is 0.403. The number of hydrogen-bond donors (Lipinski definition) is 1. The highest BCUT2D eigenvalue weighted by molar-refractivity contribution is 7.92. The zero-order valence-electron chi connectivity index (χ0n) is 11.8. The van der Waals surface area contributed by atoms with E-state index in [4.69, 9.17) is 21.1 Å². The molecule has 0 bridgehead atoms. The highest BCUT2D eigenvalue weighted by Crippen LogP contribution is 2.32. The molecule has 0 spiro atoms. The van der Waals surface area contributed by atoms with Gasteiger partial charge in [0, 0.05) is 11.1 Å². The van der Waals surface area contributed by atoms with Crippen molar-refractivity contribution >= 4 is 27.3 Å². The summed E-state index contributed by atoms with van der Waals surface area (Å²) in [6, 6.07) is 7.68. The van der Waals surface area contributed by atoms with Crippen molar-refractivity contribution in [3.63, 3.8) is 0 Å². The first-order valence-electron chi connectivity index (χ1n) is 6.07. The van der Waals surface area contributed by atoms with Crippen LogP contribution in [0.3, 0.4) is 0 Å². The van der Waals surface area contributed by atoms with Crippen molar-refractivity contribution in [1.82, 2.24) is 0 Å². The van der Waals surface area contributed by atoms with Crippen LogP contribution in [0.2, 0.25) is 5.02 Å². The van der Waals surface area contributed by atoms with E-state index in [1.165, 1.54) is 38.5 Å². The van der Waals surface area contributed by atoms with Crippen molar-refractivity contribution in [3.05, 3.63) is 47.2 Å². The third-order valence-electron chi connectivity index (χ3n) is 2.82. The minimum absolute atomic E-state index is 0.0236. The summed E-state index contributed by atoms with van der Waals surface area (Å²) in [6.45, 7) is 0. The van der Waals surface area contributed by atoms with Gasteiger partial charge in [0.1, 0.15) is 22.2 Å². The van der Waals surface area contributed by atoms with E-state index in [0.717, 1.165) is 12.1 Å². The normalized spacial score (nSPS) is 11.1. The predicted molar refractivity (Wildman–Crippen MR) is 81.8 cm³/mol. The molecule has 0 amide bonds. The molecule has 0 atom stereocenters. The van der Waals surface area contributed by atoms with Gasteiger partial charge in [-0.1, -0.05) is 11.6 Å². The van der Waals surface area contributed by atoms with Crippen LogP contribution in [0.4, 0.5) is 10.1 Å². The molecule has 8 heteroatoms. The standard InChI is InChI=1S/C14H13ClFNO4S/c1-20-12-6-4-10(16)8-11(12)17-22(18,19)14-7-9(15)3-5-13(14)21-2/h3-8,17H,1-2H3. The van der Waals surface area contributed by atoms with E-state index in [-0.39, 0.29) is 27.1 Å². The quantitative estimate of drug-likeness (QED) is 0.903. The van der Waals surface area contributed by atoms with Gasteiger partial charge in [-0.2, -0.15) is 0 Å². The van der Waals surface area contributed by atoms with Crippen LogP contribution < -0.4 is 14.2 Å². The number of methoxy groups -OCH3 is 2. The van der Waals surface area contributed by atoms with Gasteiger partial charge in [0.2, 0.25) is 0 Å². The van der Waals surface area contributed by atoms with E-state index < -0.39 is 15.8 Å². The Morgan fingerprint density at radius 3 is 2.32 bits per heavy atom. The van der Waals surface area contributed by atoms with Gasteiger partial charge >= 0.3 is 0 Å². The highest BCUT2D eigenvalue weighted by Gasteiger charge is 2.22. The third-order valence-corrected chi connectivity index (χ3v) is 4.44. The second-order valence-electron chi connectivity index (χ2n) is 4.25. The predicted octanol–water partition coefficient (Wildman–Crippen LogP) is 3.30. The number of ether oxygens (including phenoxy) is 2. The fraction of sp³-hybridized carbons (Fsp3) is 0.143. The average molecular weight is 346 g/mol. The van der Waals surface area contributed by atoms with E-state index >= 15 is 0 Å². The molecule has 0 heterocycles. The summed E-state index contributed by atoms with van der Waals surface area (Å²) < 4.78 is 50.6. The molecule has 2 rings (SSSR count). The molecule has 0 saturated carbocycles. The number of benzene rings is 2. The lowest BCUT2D eigenvalue weighted by Crippen LogP contribution is -2.15. The van der Waals surface area contributed by atoms with Crippen LogP contribution in [-0.2, 0) is 10.0 Å². The van der Waals surface area contributed by atoms with Crippen LogP contribution >= 0.6 is 11.6 Å². The van der Waals surface area contributed by atoms with Gasteiger partial charge in [0.25, 0.3) is 10.0 Å². The van der Waals surface area contributed by atoms with E-state index in [0.29, 0.717) is 0 Å². The topological polar surface area (TPSA) is 64.6 Å². The molecule has 0 aliphatic heterocycles. The highest BCUT2D eigenvalue weighted by atomic mass is 35.5. The Balaban J connectivity index is 2.49. The maximum Gasteiger partial charge on any atom is 0.265 e. The summed E-state index contributed by atoms with van der Waals surface area (Å²) in [5.74, 6) is -0.296. The number of halogens is 2.